The number of hydrogen-bond donors (Lipinski definition) is 2. The Morgan fingerprint density at radius 1 is 1.11 bits per heavy atom. The molecule has 1 saturated heterocycles. The van der Waals surface area contributed by atoms with E-state index in [1.165, 1.54) is 4.90 Å². The fourth-order valence-electron chi connectivity index (χ4n) is 5.03. The van der Waals surface area contributed by atoms with Crippen molar-refractivity contribution in [3.63, 3.8) is 0 Å². The molecule has 1 fully saturated rings. The van der Waals surface area contributed by atoms with Gasteiger partial charge in [-0.3, -0.25) is 4.79 Å². The summed E-state index contributed by atoms with van der Waals surface area (Å²) in [5.41, 5.74) is 4.44. The Hall–Kier alpha value is -3.79. The molecule has 3 unspecified atom stereocenters. The van der Waals surface area contributed by atoms with Gasteiger partial charge in [-0.25, -0.2) is 9.59 Å². The predicted molar refractivity (Wildman–Crippen MR) is 132 cm³/mol. The molecule has 2 aliphatic rings. The topological polar surface area (TPSA) is 95.9 Å². The number of carboxylic acid groups (broad SMARTS) is 1. The first-order valence-electron chi connectivity index (χ1n) is 11.9. The average Bonchev–Trinajstić information content (AvgIpc) is 3.18. The van der Waals surface area contributed by atoms with Gasteiger partial charge in [0.2, 0.25) is 5.91 Å². The van der Waals surface area contributed by atoms with Crippen LogP contribution >= 0.6 is 0 Å². The van der Waals surface area contributed by atoms with Crippen LogP contribution in [0.15, 0.2) is 48.5 Å². The van der Waals surface area contributed by atoms with E-state index in [-0.39, 0.29) is 24.9 Å². The van der Waals surface area contributed by atoms with Crippen molar-refractivity contribution in [3.05, 3.63) is 59.7 Å². The van der Waals surface area contributed by atoms with Crippen molar-refractivity contribution in [1.29, 1.82) is 0 Å². The second-order valence-corrected chi connectivity index (χ2v) is 9.17. The van der Waals surface area contributed by atoms with Crippen LogP contribution in [0, 0.1) is 17.8 Å². The van der Waals surface area contributed by atoms with E-state index in [2.05, 4.69) is 29.3 Å². The Morgan fingerprint density at radius 2 is 1.74 bits per heavy atom. The molecule has 2 amide bonds. The number of carbonyl (C=O) groups is 3. The third-order valence-electron chi connectivity index (χ3n) is 6.85. The standard InChI is InChI=1S/C28H30N2O5/c1-3-4-13-24(26(31)30-15-14-18(2)16-25(30)27(32)33)29-28(34)35-17-23-21-11-7-5-9-19(21)20-10-6-8-12-22(20)23/h5-12,18,23-25H,13-17H2,1-2H3,(H,29,34)(H,32,33). The number of likely N-dealkylation sites (tertiary alicyclic amines) is 1. The SMILES string of the molecule is CC#CCC(NC(=O)OCC1c2ccccc2-c2ccccc21)C(=O)N1CCC(C)CC1C(=O)O. The number of nitrogens with one attached hydrogen (secondary N) is 1. The summed E-state index contributed by atoms with van der Waals surface area (Å²) in [5.74, 6) is 4.21. The molecule has 3 atom stereocenters. The summed E-state index contributed by atoms with van der Waals surface area (Å²) in [4.78, 5) is 39.2. The maximum atomic E-state index is 13.3. The number of alkyl carbamates (subject to hydrolysis) is 1. The maximum absolute atomic E-state index is 13.3. The fourth-order valence-corrected chi connectivity index (χ4v) is 5.03. The molecule has 1 aliphatic heterocycles. The van der Waals surface area contributed by atoms with Gasteiger partial charge >= 0.3 is 12.1 Å². The second-order valence-electron chi connectivity index (χ2n) is 9.17. The van der Waals surface area contributed by atoms with Crippen LogP contribution in [0.3, 0.4) is 0 Å². The van der Waals surface area contributed by atoms with Gasteiger partial charge in [0.15, 0.2) is 0 Å². The number of rotatable bonds is 6. The summed E-state index contributed by atoms with van der Waals surface area (Å²) in [6.45, 7) is 4.09. The molecule has 0 aromatic heterocycles. The quantitative estimate of drug-likeness (QED) is 0.617. The van der Waals surface area contributed by atoms with Crippen molar-refractivity contribution >= 4 is 18.0 Å². The Morgan fingerprint density at radius 3 is 2.34 bits per heavy atom. The number of carbonyl (C=O) groups excluding carboxylic acids is 2. The van der Waals surface area contributed by atoms with Gasteiger partial charge in [-0.2, -0.15) is 0 Å². The van der Waals surface area contributed by atoms with Gasteiger partial charge in [-0.05, 0) is 47.9 Å². The van der Waals surface area contributed by atoms with Gasteiger partial charge in [-0.15, -0.1) is 11.8 Å². The number of piperidine rings is 1. The summed E-state index contributed by atoms with van der Waals surface area (Å²) >= 11 is 0. The van der Waals surface area contributed by atoms with Gasteiger partial charge in [0.25, 0.3) is 0 Å². The smallest absolute Gasteiger partial charge is 0.407 e. The maximum Gasteiger partial charge on any atom is 0.407 e. The van der Waals surface area contributed by atoms with E-state index in [0.29, 0.717) is 19.4 Å². The number of nitrogens with zero attached hydrogens (tertiary/aromatic N) is 1. The minimum atomic E-state index is -1.04. The lowest BCUT2D eigenvalue weighted by molar-refractivity contribution is -0.153. The van der Waals surface area contributed by atoms with E-state index in [4.69, 9.17) is 4.74 Å². The number of carboxylic acids is 1. The van der Waals surface area contributed by atoms with Crippen LogP contribution in [0.2, 0.25) is 0 Å². The van der Waals surface area contributed by atoms with Crippen molar-refractivity contribution in [1.82, 2.24) is 10.2 Å². The van der Waals surface area contributed by atoms with E-state index in [9.17, 15) is 19.5 Å². The zero-order chi connectivity index (χ0) is 24.9. The number of ether oxygens (including phenoxy) is 1. The highest BCUT2D eigenvalue weighted by atomic mass is 16.5. The van der Waals surface area contributed by atoms with Crippen LogP contribution in [0.5, 0.6) is 0 Å². The summed E-state index contributed by atoms with van der Waals surface area (Å²) in [5, 5.41) is 12.3. The monoisotopic (exact) mass is 474 g/mol. The van der Waals surface area contributed by atoms with Crippen LogP contribution in [-0.2, 0) is 14.3 Å². The van der Waals surface area contributed by atoms with Crippen molar-refractivity contribution in [2.75, 3.05) is 13.2 Å². The Balaban J connectivity index is 1.45. The Labute approximate surface area is 205 Å². The van der Waals surface area contributed by atoms with E-state index >= 15 is 0 Å². The summed E-state index contributed by atoms with van der Waals surface area (Å²) in [6.07, 6.45) is 0.461. The van der Waals surface area contributed by atoms with Crippen LogP contribution < -0.4 is 5.32 Å². The van der Waals surface area contributed by atoms with Crippen LogP contribution in [-0.4, -0.2) is 53.2 Å². The van der Waals surface area contributed by atoms with Crippen molar-refractivity contribution in [2.24, 2.45) is 5.92 Å². The highest BCUT2D eigenvalue weighted by molar-refractivity contribution is 5.90. The largest absolute Gasteiger partial charge is 0.480 e. The lowest BCUT2D eigenvalue weighted by atomic mass is 9.91. The van der Waals surface area contributed by atoms with E-state index in [0.717, 1.165) is 22.3 Å². The fraction of sp³-hybridized carbons (Fsp3) is 0.393. The number of amides is 2. The second kappa shape index (κ2) is 10.6. The van der Waals surface area contributed by atoms with Crippen molar-refractivity contribution in [3.8, 4) is 23.0 Å². The zero-order valence-corrected chi connectivity index (χ0v) is 20.0. The Bertz CT molecular complexity index is 1140. The highest BCUT2D eigenvalue weighted by Gasteiger charge is 2.38. The van der Waals surface area contributed by atoms with Crippen LogP contribution in [0.4, 0.5) is 4.79 Å². The van der Waals surface area contributed by atoms with Gasteiger partial charge < -0.3 is 20.1 Å². The molecule has 7 heteroatoms. The van der Waals surface area contributed by atoms with Crippen molar-refractivity contribution < 1.29 is 24.2 Å². The molecule has 7 nitrogen and oxygen atoms in total. The van der Waals surface area contributed by atoms with Gasteiger partial charge in [0, 0.05) is 18.9 Å². The van der Waals surface area contributed by atoms with E-state index in [1.54, 1.807) is 6.92 Å². The molecule has 1 heterocycles. The van der Waals surface area contributed by atoms with Crippen LogP contribution in [0.25, 0.3) is 11.1 Å². The molecule has 4 rings (SSSR count). The molecular formula is C28H30N2O5. The number of benzene rings is 2. The number of aliphatic carboxylic acids is 1. The van der Waals surface area contributed by atoms with Crippen LogP contribution in [0.1, 0.15) is 50.2 Å². The molecule has 35 heavy (non-hydrogen) atoms. The normalized spacial score (nSPS) is 19.5. The lowest BCUT2D eigenvalue weighted by Gasteiger charge is -2.37. The zero-order valence-electron chi connectivity index (χ0n) is 20.0. The third kappa shape index (κ3) is 5.17. The minimum absolute atomic E-state index is 0.0813. The number of hydrogen-bond acceptors (Lipinski definition) is 4. The highest BCUT2D eigenvalue weighted by Crippen LogP contribution is 2.44. The van der Waals surface area contributed by atoms with E-state index < -0.39 is 30.1 Å². The molecule has 2 aromatic carbocycles. The Kier molecular flexibility index (Phi) is 7.40. The molecule has 2 N–H and O–H groups in total. The molecule has 0 radical (unpaired) electrons. The van der Waals surface area contributed by atoms with Crippen molar-refractivity contribution in [2.45, 2.75) is 51.1 Å². The van der Waals surface area contributed by atoms with Gasteiger partial charge in [-0.1, -0.05) is 55.5 Å². The minimum Gasteiger partial charge on any atom is -0.480 e. The molecule has 2 aromatic rings. The predicted octanol–water partition coefficient (Wildman–Crippen LogP) is 4.02. The molecule has 1 aliphatic carbocycles. The first-order chi connectivity index (χ1) is 16.9. The summed E-state index contributed by atoms with van der Waals surface area (Å²) < 4.78 is 5.59. The molecule has 0 saturated carbocycles. The summed E-state index contributed by atoms with van der Waals surface area (Å²) in [7, 11) is 0. The average molecular weight is 475 g/mol. The summed E-state index contributed by atoms with van der Waals surface area (Å²) in [6, 6.07) is 14.2. The number of fused-ring (bicyclic) bond motifs is 3. The van der Waals surface area contributed by atoms with Gasteiger partial charge in [0.05, 0.1) is 0 Å². The molecular weight excluding hydrogens is 444 g/mol. The third-order valence-corrected chi connectivity index (χ3v) is 6.85. The van der Waals surface area contributed by atoms with E-state index in [1.807, 2.05) is 43.3 Å². The first-order valence-corrected chi connectivity index (χ1v) is 11.9. The van der Waals surface area contributed by atoms with Gasteiger partial charge in [0.1, 0.15) is 18.7 Å². The lowest BCUT2D eigenvalue weighted by Crippen LogP contribution is -2.56. The molecule has 182 valence electrons. The first kappa shape index (κ1) is 24.3. The molecule has 0 bridgehead atoms. The molecule has 0 spiro atoms.